The van der Waals surface area contributed by atoms with Crippen LogP contribution in [0, 0.1) is 5.82 Å². The molecule has 0 aliphatic carbocycles. The zero-order chi connectivity index (χ0) is 17.0. The molecule has 1 N–H and O–H groups in total. The Labute approximate surface area is 137 Å². The van der Waals surface area contributed by atoms with E-state index in [1.807, 2.05) is 0 Å². The number of hydrogen-bond acceptors (Lipinski definition) is 4. The SMILES string of the molecule is COc1cc(NC(=O)c2c(F)cccc2Cl)cc(OC)c1OC. The highest BCUT2D eigenvalue weighted by Crippen LogP contribution is 2.40. The lowest BCUT2D eigenvalue weighted by atomic mass is 10.2. The molecular formula is C16H15ClFNO4. The number of anilines is 1. The Morgan fingerprint density at radius 3 is 2.17 bits per heavy atom. The molecule has 2 aromatic rings. The van der Waals surface area contributed by atoms with Gasteiger partial charge in [0.15, 0.2) is 11.5 Å². The normalized spacial score (nSPS) is 10.1. The molecule has 122 valence electrons. The average molecular weight is 340 g/mol. The van der Waals surface area contributed by atoms with Crippen molar-refractivity contribution in [2.24, 2.45) is 0 Å². The van der Waals surface area contributed by atoms with Crippen LogP contribution in [-0.4, -0.2) is 27.2 Å². The van der Waals surface area contributed by atoms with E-state index in [0.29, 0.717) is 22.9 Å². The van der Waals surface area contributed by atoms with Crippen LogP contribution in [0.4, 0.5) is 10.1 Å². The molecule has 0 bridgehead atoms. The van der Waals surface area contributed by atoms with E-state index in [0.717, 1.165) is 6.07 Å². The smallest absolute Gasteiger partial charge is 0.260 e. The van der Waals surface area contributed by atoms with E-state index in [4.69, 9.17) is 25.8 Å². The van der Waals surface area contributed by atoms with Crippen molar-refractivity contribution in [2.75, 3.05) is 26.6 Å². The largest absolute Gasteiger partial charge is 0.493 e. The van der Waals surface area contributed by atoms with Crippen molar-refractivity contribution < 1.29 is 23.4 Å². The molecule has 2 aromatic carbocycles. The van der Waals surface area contributed by atoms with Gasteiger partial charge in [-0.15, -0.1) is 0 Å². The van der Waals surface area contributed by atoms with Crippen molar-refractivity contribution in [3.63, 3.8) is 0 Å². The van der Waals surface area contributed by atoms with Crippen LogP contribution < -0.4 is 19.5 Å². The number of hydrogen-bond donors (Lipinski definition) is 1. The number of amides is 1. The fourth-order valence-corrected chi connectivity index (χ4v) is 2.31. The molecule has 2 rings (SSSR count). The maximum Gasteiger partial charge on any atom is 0.260 e. The third kappa shape index (κ3) is 3.48. The number of ether oxygens (including phenoxy) is 3. The lowest BCUT2D eigenvalue weighted by Gasteiger charge is -2.15. The minimum absolute atomic E-state index is 0.0231. The molecule has 1 amide bonds. The summed E-state index contributed by atoms with van der Waals surface area (Å²) in [6.45, 7) is 0. The maximum absolute atomic E-state index is 13.8. The van der Waals surface area contributed by atoms with E-state index < -0.39 is 11.7 Å². The Kier molecular flexibility index (Phi) is 5.28. The third-order valence-electron chi connectivity index (χ3n) is 3.11. The number of rotatable bonds is 5. The standard InChI is InChI=1S/C16H15ClFNO4/c1-21-12-7-9(8-13(22-2)15(12)23-3)19-16(20)14-10(17)5-4-6-11(14)18/h4-8H,1-3H3,(H,19,20). The molecular weight excluding hydrogens is 325 g/mol. The quantitative estimate of drug-likeness (QED) is 0.901. The molecule has 23 heavy (non-hydrogen) atoms. The number of methoxy groups -OCH3 is 3. The Hall–Kier alpha value is -2.47. The minimum atomic E-state index is -0.706. The lowest BCUT2D eigenvalue weighted by molar-refractivity contribution is 0.102. The highest BCUT2D eigenvalue weighted by atomic mass is 35.5. The van der Waals surface area contributed by atoms with Gasteiger partial charge in [-0.1, -0.05) is 17.7 Å². The van der Waals surface area contributed by atoms with Crippen molar-refractivity contribution in [3.05, 3.63) is 46.7 Å². The molecule has 0 radical (unpaired) electrons. The van der Waals surface area contributed by atoms with E-state index in [9.17, 15) is 9.18 Å². The zero-order valence-electron chi connectivity index (χ0n) is 12.8. The highest BCUT2D eigenvalue weighted by molar-refractivity contribution is 6.34. The first-order valence-electron chi connectivity index (χ1n) is 6.57. The van der Waals surface area contributed by atoms with Crippen LogP contribution in [0.15, 0.2) is 30.3 Å². The first-order chi connectivity index (χ1) is 11.0. The maximum atomic E-state index is 13.8. The van der Waals surface area contributed by atoms with Crippen LogP contribution in [0.3, 0.4) is 0 Å². The van der Waals surface area contributed by atoms with Crippen LogP contribution >= 0.6 is 11.6 Å². The third-order valence-corrected chi connectivity index (χ3v) is 3.43. The van der Waals surface area contributed by atoms with Crippen molar-refractivity contribution >= 4 is 23.2 Å². The molecule has 0 aromatic heterocycles. The fraction of sp³-hybridized carbons (Fsp3) is 0.188. The van der Waals surface area contributed by atoms with E-state index in [1.54, 1.807) is 0 Å². The van der Waals surface area contributed by atoms with Crippen LogP contribution in [0.5, 0.6) is 17.2 Å². The first kappa shape index (κ1) is 16.9. The van der Waals surface area contributed by atoms with Crippen molar-refractivity contribution in [1.82, 2.24) is 0 Å². The van der Waals surface area contributed by atoms with Crippen LogP contribution in [-0.2, 0) is 0 Å². The highest BCUT2D eigenvalue weighted by Gasteiger charge is 2.18. The number of nitrogens with one attached hydrogen (secondary N) is 1. The summed E-state index contributed by atoms with van der Waals surface area (Å²) in [5, 5.41) is 2.58. The summed E-state index contributed by atoms with van der Waals surface area (Å²) in [7, 11) is 4.38. The summed E-state index contributed by atoms with van der Waals surface area (Å²) < 4.78 is 29.4. The second-order valence-corrected chi connectivity index (χ2v) is 4.87. The topological polar surface area (TPSA) is 56.8 Å². The molecule has 0 aliphatic rings. The van der Waals surface area contributed by atoms with E-state index in [2.05, 4.69) is 5.32 Å². The van der Waals surface area contributed by atoms with Gasteiger partial charge in [0, 0.05) is 17.8 Å². The number of carbonyl (C=O) groups is 1. The minimum Gasteiger partial charge on any atom is -0.493 e. The van der Waals surface area contributed by atoms with Gasteiger partial charge >= 0.3 is 0 Å². The summed E-state index contributed by atoms with van der Waals surface area (Å²) >= 11 is 5.89. The van der Waals surface area contributed by atoms with E-state index in [-0.39, 0.29) is 10.6 Å². The molecule has 0 heterocycles. The summed E-state index contributed by atoms with van der Waals surface area (Å²) in [5.41, 5.74) is 0.117. The molecule has 0 saturated carbocycles. The Bertz CT molecular complexity index is 691. The number of benzene rings is 2. The fourth-order valence-electron chi connectivity index (χ4n) is 2.06. The van der Waals surface area contributed by atoms with E-state index >= 15 is 0 Å². The monoisotopic (exact) mass is 339 g/mol. The molecule has 5 nitrogen and oxygen atoms in total. The Balaban J connectivity index is 2.38. The molecule has 0 spiro atoms. The van der Waals surface area contributed by atoms with Gasteiger partial charge in [-0.05, 0) is 12.1 Å². The van der Waals surface area contributed by atoms with Crippen molar-refractivity contribution in [2.45, 2.75) is 0 Å². The van der Waals surface area contributed by atoms with Gasteiger partial charge in [-0.25, -0.2) is 4.39 Å². The molecule has 7 heteroatoms. The van der Waals surface area contributed by atoms with Gasteiger partial charge < -0.3 is 19.5 Å². The van der Waals surface area contributed by atoms with E-state index in [1.165, 1.54) is 45.6 Å². The van der Waals surface area contributed by atoms with Gasteiger partial charge in [0.2, 0.25) is 5.75 Å². The van der Waals surface area contributed by atoms with Gasteiger partial charge in [0.1, 0.15) is 5.82 Å². The average Bonchev–Trinajstić information content (AvgIpc) is 2.53. The predicted octanol–water partition coefficient (Wildman–Crippen LogP) is 3.76. The molecule has 0 atom stereocenters. The van der Waals surface area contributed by atoms with Crippen LogP contribution in [0.2, 0.25) is 5.02 Å². The summed E-state index contributed by atoms with van der Waals surface area (Å²) in [4.78, 5) is 12.3. The molecule has 0 saturated heterocycles. The second kappa shape index (κ2) is 7.19. The van der Waals surface area contributed by atoms with Gasteiger partial charge in [0.05, 0.1) is 31.9 Å². The van der Waals surface area contributed by atoms with Crippen LogP contribution in [0.1, 0.15) is 10.4 Å². The van der Waals surface area contributed by atoms with Crippen molar-refractivity contribution in [3.8, 4) is 17.2 Å². The number of carbonyl (C=O) groups excluding carboxylic acids is 1. The summed E-state index contributed by atoms with van der Waals surface area (Å²) in [6.07, 6.45) is 0. The van der Waals surface area contributed by atoms with Gasteiger partial charge in [0.25, 0.3) is 5.91 Å². The second-order valence-electron chi connectivity index (χ2n) is 4.46. The summed E-state index contributed by atoms with van der Waals surface area (Å²) in [5.74, 6) is -0.273. The van der Waals surface area contributed by atoms with Gasteiger partial charge in [-0.2, -0.15) is 0 Å². The first-order valence-corrected chi connectivity index (χ1v) is 6.95. The zero-order valence-corrected chi connectivity index (χ0v) is 13.5. The Morgan fingerprint density at radius 1 is 1.09 bits per heavy atom. The Morgan fingerprint density at radius 2 is 1.70 bits per heavy atom. The molecule has 0 unspecified atom stereocenters. The van der Waals surface area contributed by atoms with Crippen molar-refractivity contribution in [1.29, 1.82) is 0 Å². The van der Waals surface area contributed by atoms with Crippen LogP contribution in [0.25, 0.3) is 0 Å². The van der Waals surface area contributed by atoms with Gasteiger partial charge in [-0.3, -0.25) is 4.79 Å². The summed E-state index contributed by atoms with van der Waals surface area (Å²) in [6, 6.07) is 7.10. The predicted molar refractivity (Wildman–Crippen MR) is 85.5 cm³/mol. The number of halogens is 2. The molecule has 0 aliphatic heterocycles. The lowest BCUT2D eigenvalue weighted by Crippen LogP contribution is -2.14. The molecule has 0 fully saturated rings.